The van der Waals surface area contributed by atoms with Gasteiger partial charge in [0.2, 0.25) is 0 Å². The summed E-state index contributed by atoms with van der Waals surface area (Å²) in [5, 5.41) is 0.807. The number of hydrogen-bond acceptors (Lipinski definition) is 3. The molecule has 0 radical (unpaired) electrons. The summed E-state index contributed by atoms with van der Waals surface area (Å²) < 4.78 is 43.0. The van der Waals surface area contributed by atoms with Crippen LogP contribution < -0.4 is 5.56 Å². The number of aromatic nitrogens is 2. The van der Waals surface area contributed by atoms with Crippen LogP contribution in [-0.4, -0.2) is 46.0 Å². The fourth-order valence-corrected chi connectivity index (χ4v) is 5.97. The van der Waals surface area contributed by atoms with Crippen LogP contribution in [0.1, 0.15) is 65.1 Å². The number of nitrogens with one attached hydrogen (secondary N) is 1. The van der Waals surface area contributed by atoms with Gasteiger partial charge in [-0.1, -0.05) is 18.2 Å². The average Bonchev–Trinajstić information content (AvgIpc) is 3.09. The first kappa shape index (κ1) is 26.2. The Balaban J connectivity index is 1.66. The highest BCUT2D eigenvalue weighted by Crippen LogP contribution is 2.40. The van der Waals surface area contributed by atoms with E-state index in [9.17, 15) is 22.8 Å². The molecule has 0 aliphatic carbocycles. The van der Waals surface area contributed by atoms with Crippen molar-refractivity contribution >= 4 is 16.7 Å². The molecular formula is C28H34F3N3O2. The molecule has 0 spiro atoms. The van der Waals surface area contributed by atoms with Gasteiger partial charge >= 0.3 is 6.18 Å². The van der Waals surface area contributed by atoms with Crippen LogP contribution in [0.15, 0.2) is 35.1 Å². The topological polar surface area (TPSA) is 58.1 Å². The van der Waals surface area contributed by atoms with Crippen LogP contribution in [0, 0.1) is 26.7 Å². The first-order valence-electron chi connectivity index (χ1n) is 12.5. The number of ketones is 1. The Labute approximate surface area is 209 Å². The normalized spacial score (nSPS) is 20.1. The Morgan fingerprint density at radius 2 is 1.89 bits per heavy atom. The maximum Gasteiger partial charge on any atom is 0.404 e. The van der Waals surface area contributed by atoms with Gasteiger partial charge in [0.25, 0.3) is 5.56 Å². The molecule has 0 amide bonds. The molecule has 3 aromatic rings. The van der Waals surface area contributed by atoms with Crippen molar-refractivity contribution in [3.8, 4) is 0 Å². The van der Waals surface area contributed by atoms with Gasteiger partial charge in [-0.25, -0.2) is 0 Å². The van der Waals surface area contributed by atoms with Crippen LogP contribution >= 0.6 is 0 Å². The van der Waals surface area contributed by atoms with Gasteiger partial charge in [0.05, 0.1) is 0 Å². The number of pyridine rings is 1. The summed E-state index contributed by atoms with van der Waals surface area (Å²) in [6, 6.07) is 7.83. The highest BCUT2D eigenvalue weighted by molar-refractivity contribution is 6.09. The van der Waals surface area contributed by atoms with E-state index in [2.05, 4.69) is 9.55 Å². The first-order chi connectivity index (χ1) is 16.9. The number of rotatable bonds is 6. The van der Waals surface area contributed by atoms with E-state index in [4.69, 9.17) is 0 Å². The quantitative estimate of drug-likeness (QED) is 0.428. The van der Waals surface area contributed by atoms with Crippen LogP contribution in [0.3, 0.4) is 0 Å². The summed E-state index contributed by atoms with van der Waals surface area (Å²) in [5.41, 5.74) is 4.30. The van der Waals surface area contributed by atoms with Gasteiger partial charge in [-0.05, 0) is 84.2 Å². The molecule has 0 saturated carbocycles. The Kier molecular flexibility index (Phi) is 7.19. The lowest BCUT2D eigenvalue weighted by atomic mass is 9.85. The molecule has 1 aliphatic heterocycles. The SMILES string of the molecule is Cc1cc(C)c(CCC(=O)c2c(C)n([C@H](C)[C@@H]3CCN(C)[C@H](C(F)(F)F)C3)c3ccccc23)c(=O)[nH]1. The highest BCUT2D eigenvalue weighted by atomic mass is 19.4. The molecule has 3 atom stereocenters. The van der Waals surface area contributed by atoms with E-state index >= 15 is 0 Å². The zero-order chi connectivity index (χ0) is 26.4. The number of alkyl halides is 3. The highest BCUT2D eigenvalue weighted by Gasteiger charge is 2.46. The third-order valence-electron chi connectivity index (χ3n) is 7.91. The molecule has 5 nitrogen and oxygen atoms in total. The van der Waals surface area contributed by atoms with Crippen LogP contribution in [0.2, 0.25) is 0 Å². The van der Waals surface area contributed by atoms with E-state index in [-0.39, 0.29) is 36.1 Å². The molecular weight excluding hydrogens is 467 g/mol. The molecule has 0 unspecified atom stereocenters. The number of Topliss-reactive ketones (excluding diaryl/α,β-unsaturated/α-hetero) is 1. The van der Waals surface area contributed by atoms with Crippen molar-refractivity contribution in [3.63, 3.8) is 0 Å². The lowest BCUT2D eigenvalue weighted by molar-refractivity contribution is -0.192. The number of aryl methyl sites for hydroxylation is 2. The Morgan fingerprint density at radius 3 is 2.56 bits per heavy atom. The predicted octanol–water partition coefficient (Wildman–Crippen LogP) is 5.90. The van der Waals surface area contributed by atoms with Gasteiger partial charge < -0.3 is 9.55 Å². The van der Waals surface area contributed by atoms with Gasteiger partial charge in [0.15, 0.2) is 5.78 Å². The predicted molar refractivity (Wildman–Crippen MR) is 136 cm³/mol. The summed E-state index contributed by atoms with van der Waals surface area (Å²) >= 11 is 0. The zero-order valence-corrected chi connectivity index (χ0v) is 21.5. The van der Waals surface area contributed by atoms with Crippen molar-refractivity contribution in [2.45, 2.75) is 71.6 Å². The number of carbonyl (C=O) groups excluding carboxylic acids is 1. The van der Waals surface area contributed by atoms with Crippen LogP contribution in [0.4, 0.5) is 13.2 Å². The second-order valence-corrected chi connectivity index (χ2v) is 10.3. The van der Waals surface area contributed by atoms with Crippen molar-refractivity contribution < 1.29 is 18.0 Å². The molecule has 36 heavy (non-hydrogen) atoms. The molecule has 1 saturated heterocycles. The largest absolute Gasteiger partial charge is 0.404 e. The second-order valence-electron chi connectivity index (χ2n) is 10.3. The van der Waals surface area contributed by atoms with Crippen LogP contribution in [0.25, 0.3) is 10.9 Å². The standard InChI is InChI=1S/C28H34F3N3O2/c1-16-14-17(2)32-27(36)21(16)10-11-24(35)26-19(4)34(23-9-7-6-8-22(23)26)18(3)20-12-13-33(5)25(15-20)28(29,30)31/h6-9,14,18,20,25H,10-13,15H2,1-5H3,(H,32,36)/t18-,20-,25+/m1/s1. The number of aromatic amines is 1. The number of H-pyrrole nitrogens is 1. The van der Waals surface area contributed by atoms with Gasteiger partial charge in [0, 0.05) is 45.9 Å². The molecule has 4 rings (SSSR count). The molecule has 8 heteroatoms. The minimum atomic E-state index is -4.27. The molecule has 1 aromatic carbocycles. The summed E-state index contributed by atoms with van der Waals surface area (Å²) in [5.74, 6) is -0.232. The molecule has 1 aliphatic rings. The minimum Gasteiger partial charge on any atom is -0.341 e. The summed E-state index contributed by atoms with van der Waals surface area (Å²) in [4.78, 5) is 30.1. The Bertz CT molecular complexity index is 1340. The van der Waals surface area contributed by atoms with Crippen molar-refractivity contribution in [1.29, 1.82) is 0 Å². The van der Waals surface area contributed by atoms with Crippen LogP contribution in [-0.2, 0) is 6.42 Å². The first-order valence-corrected chi connectivity index (χ1v) is 12.5. The Hall–Kier alpha value is -2.87. The average molecular weight is 502 g/mol. The number of para-hydroxylation sites is 1. The number of halogens is 3. The second kappa shape index (κ2) is 9.88. The van der Waals surface area contributed by atoms with E-state index < -0.39 is 12.2 Å². The van der Waals surface area contributed by atoms with E-state index in [1.54, 1.807) is 0 Å². The number of piperidine rings is 1. The molecule has 1 N–H and O–H groups in total. The lowest BCUT2D eigenvalue weighted by Crippen LogP contribution is -2.49. The van der Waals surface area contributed by atoms with E-state index in [1.807, 2.05) is 58.0 Å². The fourth-order valence-electron chi connectivity index (χ4n) is 5.97. The number of hydrogen-bond donors (Lipinski definition) is 1. The van der Waals surface area contributed by atoms with Crippen molar-refractivity contribution in [2.75, 3.05) is 13.6 Å². The maximum atomic E-state index is 13.7. The molecule has 2 aromatic heterocycles. The van der Waals surface area contributed by atoms with Gasteiger partial charge in [0.1, 0.15) is 6.04 Å². The number of carbonyl (C=O) groups is 1. The third kappa shape index (κ3) is 4.88. The smallest absolute Gasteiger partial charge is 0.341 e. The van der Waals surface area contributed by atoms with Crippen LogP contribution in [0.5, 0.6) is 0 Å². The number of nitrogens with zero attached hydrogens (tertiary/aromatic N) is 2. The maximum absolute atomic E-state index is 13.7. The van der Waals surface area contributed by atoms with Crippen molar-refractivity contribution in [1.82, 2.24) is 14.5 Å². The van der Waals surface area contributed by atoms with Crippen molar-refractivity contribution in [2.24, 2.45) is 5.92 Å². The van der Waals surface area contributed by atoms with E-state index in [1.165, 1.54) is 11.9 Å². The van der Waals surface area contributed by atoms with Gasteiger partial charge in [-0.2, -0.15) is 13.2 Å². The molecule has 3 heterocycles. The summed E-state index contributed by atoms with van der Waals surface area (Å²) in [6.07, 6.45) is -3.06. The van der Waals surface area contributed by atoms with Crippen molar-refractivity contribution in [3.05, 3.63) is 68.8 Å². The zero-order valence-electron chi connectivity index (χ0n) is 21.5. The fraction of sp³-hybridized carbons (Fsp3) is 0.500. The van der Waals surface area contributed by atoms with Gasteiger partial charge in [-0.3, -0.25) is 14.5 Å². The molecule has 194 valence electrons. The third-order valence-corrected chi connectivity index (χ3v) is 7.91. The number of benzene rings is 1. The lowest BCUT2D eigenvalue weighted by Gasteiger charge is -2.40. The minimum absolute atomic E-state index is 0.0336. The van der Waals surface area contributed by atoms with E-state index in [0.29, 0.717) is 30.5 Å². The number of fused-ring (bicyclic) bond motifs is 1. The van der Waals surface area contributed by atoms with Gasteiger partial charge in [-0.15, -0.1) is 0 Å². The summed E-state index contributed by atoms with van der Waals surface area (Å²) in [6.45, 7) is 7.92. The Morgan fingerprint density at radius 1 is 1.19 bits per heavy atom. The molecule has 1 fully saturated rings. The van der Waals surface area contributed by atoms with E-state index in [0.717, 1.165) is 27.9 Å². The monoisotopic (exact) mass is 501 g/mol. The summed E-state index contributed by atoms with van der Waals surface area (Å²) in [7, 11) is 1.53. The number of likely N-dealkylation sites (tertiary alicyclic amines) is 1. The molecule has 0 bridgehead atoms.